The van der Waals surface area contributed by atoms with Crippen molar-refractivity contribution in [1.82, 2.24) is 10.2 Å². The fourth-order valence-corrected chi connectivity index (χ4v) is 2.98. The highest BCUT2D eigenvalue weighted by molar-refractivity contribution is 4.87. The molecule has 1 unspecified atom stereocenters. The summed E-state index contributed by atoms with van der Waals surface area (Å²) >= 11 is 0. The first kappa shape index (κ1) is 15.3. The molecule has 1 atom stereocenters. The second kappa shape index (κ2) is 7.05. The number of nitrogens with zero attached hydrogens (tertiary/aromatic N) is 1. The van der Waals surface area contributed by atoms with Crippen LogP contribution >= 0.6 is 0 Å². The first-order chi connectivity index (χ1) is 9.15. The lowest BCUT2D eigenvalue weighted by atomic mass is 9.86. The molecule has 1 saturated heterocycles. The van der Waals surface area contributed by atoms with Gasteiger partial charge in [0.15, 0.2) is 0 Å². The summed E-state index contributed by atoms with van der Waals surface area (Å²) in [5.41, 5.74) is 0.432. The maximum atomic E-state index is 5.74. The van der Waals surface area contributed by atoms with Crippen molar-refractivity contribution in [3.8, 4) is 0 Å². The molecule has 1 N–H and O–H groups in total. The van der Waals surface area contributed by atoms with Crippen molar-refractivity contribution in [2.75, 3.05) is 32.8 Å². The highest BCUT2D eigenvalue weighted by Gasteiger charge is 2.30. The normalized spacial score (nSPS) is 25.4. The van der Waals surface area contributed by atoms with Crippen LogP contribution in [0.5, 0.6) is 0 Å². The Morgan fingerprint density at radius 3 is 2.37 bits per heavy atom. The van der Waals surface area contributed by atoms with E-state index in [2.05, 4.69) is 31.0 Å². The Kier molecular flexibility index (Phi) is 5.67. The number of likely N-dealkylation sites (tertiary alicyclic amines) is 1. The molecule has 0 aromatic rings. The Labute approximate surface area is 119 Å². The van der Waals surface area contributed by atoms with Crippen molar-refractivity contribution in [3.05, 3.63) is 0 Å². The van der Waals surface area contributed by atoms with Gasteiger partial charge in [0.1, 0.15) is 0 Å². The molecule has 1 aliphatic carbocycles. The van der Waals surface area contributed by atoms with E-state index in [1.54, 1.807) is 0 Å². The fraction of sp³-hybridized carbons (Fsp3) is 1.00. The Hall–Kier alpha value is -0.120. The number of rotatable bonds is 8. The molecule has 2 rings (SSSR count). The van der Waals surface area contributed by atoms with Crippen molar-refractivity contribution in [1.29, 1.82) is 0 Å². The average Bonchev–Trinajstić information content (AvgIpc) is 3.23. The molecule has 3 heteroatoms. The zero-order chi connectivity index (χ0) is 13.7. The van der Waals surface area contributed by atoms with Crippen LogP contribution < -0.4 is 5.32 Å². The molecule has 2 fully saturated rings. The van der Waals surface area contributed by atoms with Crippen LogP contribution in [0, 0.1) is 5.41 Å². The van der Waals surface area contributed by atoms with E-state index in [1.807, 2.05) is 0 Å². The first-order valence-corrected chi connectivity index (χ1v) is 8.22. The smallest absolute Gasteiger partial charge is 0.0599 e. The average molecular weight is 268 g/mol. The fourth-order valence-electron chi connectivity index (χ4n) is 2.98. The van der Waals surface area contributed by atoms with Crippen LogP contribution in [0.4, 0.5) is 0 Å². The quantitative estimate of drug-likeness (QED) is 0.732. The molecule has 112 valence electrons. The third-order valence-electron chi connectivity index (χ3n) is 4.79. The van der Waals surface area contributed by atoms with E-state index < -0.39 is 0 Å². The molecule has 1 saturated carbocycles. The van der Waals surface area contributed by atoms with E-state index in [4.69, 9.17) is 4.74 Å². The molecule has 0 radical (unpaired) electrons. The molecule has 3 nitrogen and oxygen atoms in total. The first-order valence-electron chi connectivity index (χ1n) is 8.22. The van der Waals surface area contributed by atoms with Crippen LogP contribution in [0.1, 0.15) is 52.9 Å². The van der Waals surface area contributed by atoms with Gasteiger partial charge in [0.25, 0.3) is 0 Å². The number of hydrogen-bond donors (Lipinski definition) is 1. The maximum Gasteiger partial charge on any atom is 0.0599 e. The number of hydrogen-bond acceptors (Lipinski definition) is 3. The summed E-state index contributed by atoms with van der Waals surface area (Å²) in [6, 6.07) is 0.828. The summed E-state index contributed by atoms with van der Waals surface area (Å²) in [5.74, 6) is 0. The largest absolute Gasteiger partial charge is 0.378 e. The van der Waals surface area contributed by atoms with Crippen molar-refractivity contribution in [2.24, 2.45) is 5.41 Å². The number of ether oxygens (including phenoxy) is 1. The van der Waals surface area contributed by atoms with E-state index in [0.29, 0.717) is 11.5 Å². The molecular weight excluding hydrogens is 236 g/mol. The minimum atomic E-state index is 0.432. The molecule has 2 aliphatic rings. The van der Waals surface area contributed by atoms with Crippen molar-refractivity contribution in [3.63, 3.8) is 0 Å². The van der Waals surface area contributed by atoms with Gasteiger partial charge in [-0.1, -0.05) is 13.8 Å². The standard InChI is InChI=1S/C16H32N2O/c1-4-16(3,12-17-14-6-7-14)13-18-10-8-15(9-11-18)19-5-2/h14-15,17H,4-13H2,1-3H3. The molecular formula is C16H32N2O. The lowest BCUT2D eigenvalue weighted by molar-refractivity contribution is 0.00487. The van der Waals surface area contributed by atoms with Crippen LogP contribution in [0.15, 0.2) is 0 Å². The van der Waals surface area contributed by atoms with Gasteiger partial charge in [0.2, 0.25) is 0 Å². The summed E-state index contributed by atoms with van der Waals surface area (Å²) in [4.78, 5) is 2.65. The predicted molar refractivity (Wildman–Crippen MR) is 80.5 cm³/mol. The summed E-state index contributed by atoms with van der Waals surface area (Å²) in [6.07, 6.45) is 6.98. The summed E-state index contributed by atoms with van der Waals surface area (Å²) < 4.78 is 5.74. The van der Waals surface area contributed by atoms with Crippen molar-refractivity contribution in [2.45, 2.75) is 65.0 Å². The number of nitrogens with one attached hydrogen (secondary N) is 1. The summed E-state index contributed by atoms with van der Waals surface area (Å²) in [7, 11) is 0. The Balaban J connectivity index is 1.71. The molecule has 0 spiro atoms. The van der Waals surface area contributed by atoms with Gasteiger partial charge in [-0.3, -0.25) is 0 Å². The minimum Gasteiger partial charge on any atom is -0.378 e. The van der Waals surface area contributed by atoms with Crippen LogP contribution in [-0.4, -0.2) is 49.8 Å². The highest BCUT2D eigenvalue weighted by Crippen LogP contribution is 2.27. The molecule has 0 aromatic heterocycles. The predicted octanol–water partition coefficient (Wildman–Crippen LogP) is 2.66. The van der Waals surface area contributed by atoms with Crippen LogP contribution in [0.25, 0.3) is 0 Å². The molecule has 0 aromatic carbocycles. The van der Waals surface area contributed by atoms with Crippen molar-refractivity contribution < 1.29 is 4.74 Å². The zero-order valence-electron chi connectivity index (χ0n) is 13.1. The lowest BCUT2D eigenvalue weighted by Crippen LogP contribution is -2.46. The van der Waals surface area contributed by atoms with E-state index in [0.717, 1.165) is 12.6 Å². The third-order valence-corrected chi connectivity index (χ3v) is 4.79. The second-order valence-electron chi connectivity index (χ2n) is 6.75. The van der Waals surface area contributed by atoms with Gasteiger partial charge in [0, 0.05) is 38.8 Å². The molecule has 1 heterocycles. The topological polar surface area (TPSA) is 24.5 Å². The van der Waals surface area contributed by atoms with Crippen LogP contribution in [0.3, 0.4) is 0 Å². The minimum absolute atomic E-state index is 0.432. The monoisotopic (exact) mass is 268 g/mol. The van der Waals surface area contributed by atoms with Gasteiger partial charge in [-0.2, -0.15) is 0 Å². The molecule has 1 aliphatic heterocycles. The van der Waals surface area contributed by atoms with Gasteiger partial charge in [-0.05, 0) is 44.4 Å². The van der Waals surface area contributed by atoms with Gasteiger partial charge >= 0.3 is 0 Å². The van der Waals surface area contributed by atoms with Gasteiger partial charge in [-0.15, -0.1) is 0 Å². The van der Waals surface area contributed by atoms with Crippen LogP contribution in [-0.2, 0) is 4.74 Å². The van der Waals surface area contributed by atoms with E-state index in [1.165, 1.54) is 58.3 Å². The SMILES string of the molecule is CCOC1CCN(CC(C)(CC)CNC2CC2)CC1. The van der Waals surface area contributed by atoms with Crippen LogP contribution in [0.2, 0.25) is 0 Å². The van der Waals surface area contributed by atoms with Crippen molar-refractivity contribution >= 4 is 0 Å². The summed E-state index contributed by atoms with van der Waals surface area (Å²) in [6.45, 7) is 12.6. The summed E-state index contributed by atoms with van der Waals surface area (Å²) in [5, 5.41) is 3.72. The Morgan fingerprint density at radius 2 is 1.84 bits per heavy atom. The van der Waals surface area contributed by atoms with Gasteiger partial charge in [0.05, 0.1) is 6.10 Å². The lowest BCUT2D eigenvalue weighted by Gasteiger charge is -2.39. The Bertz CT molecular complexity index is 259. The second-order valence-corrected chi connectivity index (χ2v) is 6.75. The molecule has 19 heavy (non-hydrogen) atoms. The number of piperidine rings is 1. The molecule has 0 bridgehead atoms. The highest BCUT2D eigenvalue weighted by atomic mass is 16.5. The van der Waals surface area contributed by atoms with Gasteiger partial charge in [-0.25, -0.2) is 0 Å². The van der Waals surface area contributed by atoms with E-state index in [9.17, 15) is 0 Å². The molecule has 0 amide bonds. The zero-order valence-corrected chi connectivity index (χ0v) is 13.1. The van der Waals surface area contributed by atoms with Gasteiger partial charge < -0.3 is 15.0 Å². The maximum absolute atomic E-state index is 5.74. The third kappa shape index (κ3) is 5.05. The van der Waals surface area contributed by atoms with E-state index >= 15 is 0 Å². The van der Waals surface area contributed by atoms with E-state index in [-0.39, 0.29) is 0 Å². The Morgan fingerprint density at radius 1 is 1.16 bits per heavy atom.